The molecule has 5 heteroatoms. The topological polar surface area (TPSA) is 61.7 Å². The molecule has 2 aromatic rings. The molecule has 0 saturated heterocycles. The van der Waals surface area contributed by atoms with E-state index in [1.54, 1.807) is 12.3 Å². The summed E-state index contributed by atoms with van der Waals surface area (Å²) in [5.41, 5.74) is 2.11. The number of ether oxygens (including phenoxy) is 1. The summed E-state index contributed by atoms with van der Waals surface area (Å²) in [6.45, 7) is 0.552. The summed E-state index contributed by atoms with van der Waals surface area (Å²) >= 11 is 3.31. The maximum Gasteiger partial charge on any atom is 0.130 e. The van der Waals surface area contributed by atoms with Crippen molar-refractivity contribution in [3.8, 4) is 23.1 Å². The molecular weight excluding hydrogens is 282 g/mol. The number of hydrogen-bond acceptors (Lipinski definition) is 3. The third-order valence-electron chi connectivity index (χ3n) is 2.25. The average Bonchev–Trinajstić information content (AvgIpc) is 2.89. The standard InChI is InChI=1S/C12H10BrN3O/c13-5-7-17-11-3-1-2-9(8-14)12(11)10-4-6-15-16-10/h1-4,6H,5,7H2,(H,15,16). The zero-order valence-corrected chi connectivity index (χ0v) is 10.6. The third-order valence-corrected chi connectivity index (χ3v) is 2.58. The molecule has 0 aliphatic carbocycles. The number of rotatable bonds is 4. The number of hydrogen-bond donors (Lipinski definition) is 1. The van der Waals surface area contributed by atoms with Crippen LogP contribution < -0.4 is 4.74 Å². The van der Waals surface area contributed by atoms with Crippen LogP contribution in [0.15, 0.2) is 30.5 Å². The Morgan fingerprint density at radius 2 is 2.29 bits per heavy atom. The van der Waals surface area contributed by atoms with Gasteiger partial charge in [0.05, 0.1) is 29.5 Å². The number of H-pyrrole nitrogens is 1. The second kappa shape index (κ2) is 5.51. The van der Waals surface area contributed by atoms with Crippen molar-refractivity contribution in [3.05, 3.63) is 36.0 Å². The normalized spacial score (nSPS) is 9.88. The lowest BCUT2D eigenvalue weighted by atomic mass is 10.0. The first-order valence-electron chi connectivity index (χ1n) is 5.08. The van der Waals surface area contributed by atoms with E-state index in [1.807, 2.05) is 18.2 Å². The van der Waals surface area contributed by atoms with Gasteiger partial charge in [0.1, 0.15) is 5.75 Å². The highest BCUT2D eigenvalue weighted by atomic mass is 79.9. The molecule has 17 heavy (non-hydrogen) atoms. The molecule has 2 rings (SSSR count). The SMILES string of the molecule is N#Cc1cccc(OCCBr)c1-c1ccn[nH]1. The first kappa shape index (κ1) is 11.7. The van der Waals surface area contributed by atoms with Crippen molar-refractivity contribution in [1.82, 2.24) is 10.2 Å². The van der Waals surface area contributed by atoms with Gasteiger partial charge in [-0.1, -0.05) is 22.0 Å². The summed E-state index contributed by atoms with van der Waals surface area (Å²) in [7, 11) is 0. The van der Waals surface area contributed by atoms with Gasteiger partial charge in [-0.25, -0.2) is 0 Å². The van der Waals surface area contributed by atoms with Crippen molar-refractivity contribution in [3.63, 3.8) is 0 Å². The quantitative estimate of drug-likeness (QED) is 0.881. The number of benzene rings is 1. The lowest BCUT2D eigenvalue weighted by Crippen LogP contribution is -2.00. The fourth-order valence-corrected chi connectivity index (χ4v) is 1.73. The van der Waals surface area contributed by atoms with Crippen molar-refractivity contribution in [1.29, 1.82) is 5.26 Å². The van der Waals surface area contributed by atoms with Crippen LogP contribution in [0.4, 0.5) is 0 Å². The molecule has 0 aliphatic rings. The van der Waals surface area contributed by atoms with Gasteiger partial charge in [0.15, 0.2) is 0 Å². The van der Waals surface area contributed by atoms with E-state index in [2.05, 4.69) is 32.2 Å². The zero-order chi connectivity index (χ0) is 12.1. The van der Waals surface area contributed by atoms with Gasteiger partial charge in [-0.2, -0.15) is 10.4 Å². The van der Waals surface area contributed by atoms with Gasteiger partial charge in [0.2, 0.25) is 0 Å². The van der Waals surface area contributed by atoms with Crippen LogP contribution in [-0.4, -0.2) is 22.1 Å². The van der Waals surface area contributed by atoms with E-state index in [1.165, 1.54) is 0 Å². The highest BCUT2D eigenvalue weighted by molar-refractivity contribution is 9.09. The fraction of sp³-hybridized carbons (Fsp3) is 0.167. The zero-order valence-electron chi connectivity index (χ0n) is 8.98. The molecule has 0 radical (unpaired) electrons. The molecule has 1 aromatic carbocycles. The Kier molecular flexibility index (Phi) is 3.78. The Labute approximate surface area is 107 Å². The fourth-order valence-electron chi connectivity index (χ4n) is 1.57. The number of aromatic amines is 1. The summed E-state index contributed by atoms with van der Waals surface area (Å²) in [5, 5.41) is 16.6. The third kappa shape index (κ3) is 2.48. The number of aromatic nitrogens is 2. The summed E-state index contributed by atoms with van der Waals surface area (Å²) in [5.74, 6) is 0.688. The lowest BCUT2D eigenvalue weighted by Gasteiger charge is -2.10. The van der Waals surface area contributed by atoms with E-state index < -0.39 is 0 Å². The van der Waals surface area contributed by atoms with Crippen LogP contribution in [-0.2, 0) is 0 Å². The van der Waals surface area contributed by atoms with Gasteiger partial charge in [-0.3, -0.25) is 5.10 Å². The van der Waals surface area contributed by atoms with Crippen molar-refractivity contribution in [2.45, 2.75) is 0 Å². The van der Waals surface area contributed by atoms with Gasteiger partial charge in [0.25, 0.3) is 0 Å². The molecule has 0 saturated carbocycles. The Hall–Kier alpha value is -1.80. The lowest BCUT2D eigenvalue weighted by molar-refractivity contribution is 0.346. The Morgan fingerprint density at radius 3 is 2.94 bits per heavy atom. The van der Waals surface area contributed by atoms with Crippen LogP contribution in [0.2, 0.25) is 0 Å². The molecule has 0 atom stereocenters. The summed E-state index contributed by atoms with van der Waals surface area (Å²) < 4.78 is 5.61. The minimum Gasteiger partial charge on any atom is -0.492 e. The number of nitrogens with zero attached hydrogens (tertiary/aromatic N) is 2. The predicted octanol–water partition coefficient (Wildman–Crippen LogP) is 2.72. The minimum absolute atomic E-state index is 0.552. The number of nitrogens with one attached hydrogen (secondary N) is 1. The van der Waals surface area contributed by atoms with Crippen molar-refractivity contribution in [2.75, 3.05) is 11.9 Å². The maximum atomic E-state index is 9.12. The van der Waals surface area contributed by atoms with Gasteiger partial charge < -0.3 is 4.74 Å². The molecule has 0 aliphatic heterocycles. The van der Waals surface area contributed by atoms with E-state index in [4.69, 9.17) is 10.00 Å². The van der Waals surface area contributed by atoms with Crippen LogP contribution in [0.25, 0.3) is 11.3 Å². The predicted molar refractivity (Wildman–Crippen MR) is 68.0 cm³/mol. The van der Waals surface area contributed by atoms with Crippen molar-refractivity contribution in [2.24, 2.45) is 0 Å². The van der Waals surface area contributed by atoms with Crippen molar-refractivity contribution < 1.29 is 4.74 Å². The molecular formula is C12H10BrN3O. The minimum atomic E-state index is 0.552. The van der Waals surface area contributed by atoms with Crippen LogP contribution >= 0.6 is 15.9 Å². The van der Waals surface area contributed by atoms with E-state index in [0.717, 1.165) is 16.6 Å². The average molecular weight is 292 g/mol. The van der Waals surface area contributed by atoms with Gasteiger partial charge >= 0.3 is 0 Å². The first-order valence-corrected chi connectivity index (χ1v) is 6.20. The molecule has 1 aromatic heterocycles. The summed E-state index contributed by atoms with van der Waals surface area (Å²) in [6, 6.07) is 9.39. The van der Waals surface area contributed by atoms with Gasteiger partial charge in [0, 0.05) is 11.5 Å². The Bertz CT molecular complexity index is 531. The number of nitriles is 1. The van der Waals surface area contributed by atoms with Crippen LogP contribution in [0, 0.1) is 11.3 Å². The second-order valence-corrected chi connectivity index (χ2v) is 4.09. The summed E-state index contributed by atoms with van der Waals surface area (Å²) in [4.78, 5) is 0. The highest BCUT2D eigenvalue weighted by Crippen LogP contribution is 2.31. The van der Waals surface area contributed by atoms with Gasteiger partial charge in [-0.15, -0.1) is 0 Å². The molecule has 0 unspecified atom stereocenters. The number of halogens is 1. The van der Waals surface area contributed by atoms with Crippen LogP contribution in [0.1, 0.15) is 5.56 Å². The maximum absolute atomic E-state index is 9.12. The summed E-state index contributed by atoms with van der Waals surface area (Å²) in [6.07, 6.45) is 1.65. The van der Waals surface area contributed by atoms with Gasteiger partial charge in [-0.05, 0) is 18.2 Å². The molecule has 0 amide bonds. The van der Waals surface area contributed by atoms with Crippen molar-refractivity contribution >= 4 is 15.9 Å². The van der Waals surface area contributed by atoms with E-state index >= 15 is 0 Å². The molecule has 0 fully saturated rings. The highest BCUT2D eigenvalue weighted by Gasteiger charge is 2.12. The molecule has 0 bridgehead atoms. The number of alkyl halides is 1. The molecule has 4 nitrogen and oxygen atoms in total. The molecule has 1 heterocycles. The molecule has 1 N–H and O–H groups in total. The smallest absolute Gasteiger partial charge is 0.130 e. The molecule has 0 spiro atoms. The van der Waals surface area contributed by atoms with Crippen LogP contribution in [0.3, 0.4) is 0 Å². The van der Waals surface area contributed by atoms with E-state index in [-0.39, 0.29) is 0 Å². The Morgan fingerprint density at radius 1 is 1.41 bits per heavy atom. The molecule has 86 valence electrons. The van der Waals surface area contributed by atoms with Crippen LogP contribution in [0.5, 0.6) is 5.75 Å². The van der Waals surface area contributed by atoms with E-state index in [9.17, 15) is 0 Å². The first-order chi connectivity index (χ1) is 8.36. The Balaban J connectivity index is 2.49. The monoisotopic (exact) mass is 291 g/mol. The second-order valence-electron chi connectivity index (χ2n) is 3.30. The largest absolute Gasteiger partial charge is 0.492 e. The van der Waals surface area contributed by atoms with E-state index in [0.29, 0.717) is 17.9 Å².